The lowest BCUT2D eigenvalue weighted by Crippen LogP contribution is -2.13. The van der Waals surface area contributed by atoms with E-state index in [1.54, 1.807) is 0 Å². The molecule has 4 aromatic rings. The number of azo groups is 1. The van der Waals surface area contributed by atoms with Crippen LogP contribution in [0.5, 0.6) is 5.75 Å². The number of nitrogens with zero attached hydrogens (tertiary/aromatic N) is 2. The minimum absolute atomic E-state index is 0.0400. The summed E-state index contributed by atoms with van der Waals surface area (Å²) in [5, 5.41) is 31.8. The molecule has 2 amide bonds. The molecular weight excluding hydrogens is 669 g/mol. The van der Waals surface area contributed by atoms with Gasteiger partial charge in [-0.05, 0) is 66.0 Å². The Balaban J connectivity index is 1.70. The van der Waals surface area contributed by atoms with Crippen LogP contribution in [-0.2, 0) is 34.9 Å². The third kappa shape index (κ3) is 7.70. The van der Waals surface area contributed by atoms with E-state index in [0.29, 0.717) is 0 Å². The van der Waals surface area contributed by atoms with E-state index in [-0.39, 0.29) is 38.3 Å². The zero-order valence-corrected chi connectivity index (χ0v) is 25.9. The number of phenolic OH excluding ortho intramolecular Hbond substituents is 1. The van der Waals surface area contributed by atoms with Gasteiger partial charge in [0.1, 0.15) is 10.6 Å². The van der Waals surface area contributed by atoms with Gasteiger partial charge in [-0.1, -0.05) is 6.07 Å². The van der Waals surface area contributed by atoms with Crippen molar-refractivity contribution < 1.29 is 54.2 Å². The van der Waals surface area contributed by atoms with Gasteiger partial charge in [0.15, 0.2) is 15.6 Å². The Bertz CT molecular complexity index is 2240. The zero-order chi connectivity index (χ0) is 34.0. The molecule has 46 heavy (non-hydrogen) atoms. The van der Waals surface area contributed by atoms with Crippen molar-refractivity contribution in [2.24, 2.45) is 10.2 Å². The number of benzene rings is 4. The van der Waals surface area contributed by atoms with Crippen LogP contribution >= 0.6 is 0 Å². The van der Waals surface area contributed by atoms with E-state index >= 15 is 0 Å². The highest BCUT2D eigenvalue weighted by atomic mass is 32.2. The van der Waals surface area contributed by atoms with Gasteiger partial charge in [0, 0.05) is 23.6 Å². The van der Waals surface area contributed by atoms with E-state index in [0.717, 1.165) is 25.1 Å². The van der Waals surface area contributed by atoms with Crippen LogP contribution in [0.25, 0.3) is 10.8 Å². The number of aliphatic hydroxyl groups is 1. The number of aliphatic hydroxyl groups excluding tert-OH is 1. The molecule has 0 aliphatic rings. The summed E-state index contributed by atoms with van der Waals surface area (Å²) in [4.78, 5) is 22.7. The number of amides is 2. The number of nitrogens with one attached hydrogen (secondary N) is 2. The minimum atomic E-state index is -5.12. The maximum Gasteiger partial charge on any atom is 0.296 e. The van der Waals surface area contributed by atoms with Gasteiger partial charge < -0.3 is 20.8 Å². The van der Waals surface area contributed by atoms with Crippen LogP contribution in [0, 0.1) is 0 Å². The average Bonchev–Trinajstić information content (AvgIpc) is 2.95. The molecule has 0 atom stereocenters. The smallest absolute Gasteiger partial charge is 0.296 e. The van der Waals surface area contributed by atoms with Crippen LogP contribution in [0.15, 0.2) is 91.6 Å². The van der Waals surface area contributed by atoms with E-state index in [1.165, 1.54) is 48.5 Å². The first-order valence-electron chi connectivity index (χ1n) is 12.7. The summed E-state index contributed by atoms with van der Waals surface area (Å²) in [6.45, 7) is 0.497. The Kier molecular flexibility index (Phi) is 9.56. The fourth-order valence-corrected chi connectivity index (χ4v) is 6.45. The lowest BCUT2D eigenvalue weighted by atomic mass is 10.1. The molecule has 4 rings (SSSR count). The molecule has 0 spiro atoms. The number of carbonyl (C=O) groups excluding carboxylic acids is 2. The van der Waals surface area contributed by atoms with Crippen LogP contribution in [0.2, 0.25) is 0 Å². The van der Waals surface area contributed by atoms with Gasteiger partial charge in [0.05, 0.1) is 33.5 Å². The number of phenols is 1. The van der Waals surface area contributed by atoms with Gasteiger partial charge >= 0.3 is 0 Å². The molecule has 0 saturated carbocycles. The molecule has 0 unspecified atom stereocenters. The van der Waals surface area contributed by atoms with Crippen molar-refractivity contribution in [1.29, 1.82) is 0 Å². The molecule has 4 aromatic carbocycles. The second-order valence-electron chi connectivity index (χ2n) is 9.54. The van der Waals surface area contributed by atoms with Crippen LogP contribution in [0.3, 0.4) is 0 Å². The van der Waals surface area contributed by atoms with Crippen molar-refractivity contribution in [3.63, 3.8) is 0 Å². The van der Waals surface area contributed by atoms with E-state index in [9.17, 15) is 49.1 Å². The van der Waals surface area contributed by atoms with Crippen molar-refractivity contribution in [3.8, 4) is 5.75 Å². The van der Waals surface area contributed by atoms with Gasteiger partial charge in [0.25, 0.3) is 26.1 Å². The summed E-state index contributed by atoms with van der Waals surface area (Å²) >= 11 is 0. The normalized spacial score (nSPS) is 12.3. The van der Waals surface area contributed by atoms with Crippen molar-refractivity contribution in [3.05, 3.63) is 72.3 Å². The highest BCUT2D eigenvalue weighted by Gasteiger charge is 2.26. The molecule has 0 aromatic heterocycles. The zero-order valence-electron chi connectivity index (χ0n) is 23.4. The Morgan fingerprint density at radius 1 is 0.804 bits per heavy atom. The predicted octanol–water partition coefficient (Wildman–Crippen LogP) is 3.43. The standard InChI is InChI=1S/C27H24N4O12S3/c1-15(33)28-22-14-21(45(38,39)40)11-17-12-23(46(41,42)43)25(26(34)24(17)22)31-30-18-7-5-16(6-8-18)27(35)29-19-3-2-4-20(13-19)44(36,37)10-9-32/h2-8,11-14,32,34H,9-10H2,1H3,(H,28,33)(H,29,35)(H,38,39,40)(H,41,42,43). The molecule has 16 nitrogen and oxygen atoms in total. The number of carbonyl (C=O) groups is 2. The lowest BCUT2D eigenvalue weighted by Gasteiger charge is -2.14. The van der Waals surface area contributed by atoms with Crippen LogP contribution in [0.1, 0.15) is 17.3 Å². The van der Waals surface area contributed by atoms with E-state index in [2.05, 4.69) is 20.9 Å². The highest BCUT2D eigenvalue weighted by Crippen LogP contribution is 2.45. The van der Waals surface area contributed by atoms with Gasteiger partial charge in [-0.15, -0.1) is 5.11 Å². The first-order valence-corrected chi connectivity index (χ1v) is 17.3. The molecule has 0 radical (unpaired) electrons. The maximum absolute atomic E-state index is 12.7. The molecular formula is C27H24N4O12S3. The van der Waals surface area contributed by atoms with E-state index in [4.69, 9.17) is 5.11 Å². The number of anilines is 2. The van der Waals surface area contributed by atoms with Crippen molar-refractivity contribution >= 4 is 75.4 Å². The monoisotopic (exact) mass is 692 g/mol. The summed E-state index contributed by atoms with van der Waals surface area (Å²) in [5.74, 6) is -2.75. The molecule has 0 saturated heterocycles. The van der Waals surface area contributed by atoms with Crippen LogP contribution < -0.4 is 10.6 Å². The highest BCUT2D eigenvalue weighted by molar-refractivity contribution is 7.91. The number of hydrogen-bond donors (Lipinski definition) is 6. The van der Waals surface area contributed by atoms with Gasteiger partial charge in [0.2, 0.25) is 5.91 Å². The summed E-state index contributed by atoms with van der Waals surface area (Å²) < 4.78 is 91.7. The largest absolute Gasteiger partial charge is 0.505 e. The quantitative estimate of drug-likeness (QED) is 0.103. The number of hydrogen-bond acceptors (Lipinski definition) is 12. The molecule has 19 heteroatoms. The molecule has 6 N–H and O–H groups in total. The molecule has 0 bridgehead atoms. The summed E-state index contributed by atoms with van der Waals surface area (Å²) in [6.07, 6.45) is 0. The molecule has 0 heterocycles. The number of fused-ring (bicyclic) bond motifs is 1. The fourth-order valence-electron chi connectivity index (χ4n) is 4.19. The van der Waals surface area contributed by atoms with Crippen LogP contribution in [0.4, 0.5) is 22.7 Å². The Hall–Kier alpha value is -4.79. The fraction of sp³-hybridized carbons (Fsp3) is 0.111. The van der Waals surface area contributed by atoms with E-state index in [1.807, 2.05) is 0 Å². The Morgan fingerprint density at radius 2 is 1.48 bits per heavy atom. The SMILES string of the molecule is CC(=O)Nc1cc(S(=O)(=O)O)cc2cc(S(=O)(=O)O)c(N=Nc3ccc(C(=O)Nc4cccc(S(=O)(=O)CCO)c4)cc3)c(O)c12. The third-order valence-electron chi connectivity index (χ3n) is 6.22. The topological polar surface area (TPSA) is 266 Å². The minimum Gasteiger partial charge on any atom is -0.505 e. The Morgan fingerprint density at radius 3 is 2.07 bits per heavy atom. The summed E-state index contributed by atoms with van der Waals surface area (Å²) in [7, 11) is -13.7. The first-order chi connectivity index (χ1) is 21.4. The van der Waals surface area contributed by atoms with Crippen molar-refractivity contribution in [1.82, 2.24) is 0 Å². The second kappa shape index (κ2) is 12.9. The number of aromatic hydroxyl groups is 1. The van der Waals surface area contributed by atoms with Crippen LogP contribution in [-0.4, -0.2) is 68.7 Å². The van der Waals surface area contributed by atoms with Crippen molar-refractivity contribution in [2.45, 2.75) is 21.6 Å². The number of sulfone groups is 1. The second-order valence-corrected chi connectivity index (χ2v) is 14.5. The third-order valence-corrected chi connectivity index (χ3v) is 9.61. The molecule has 0 aliphatic carbocycles. The van der Waals surface area contributed by atoms with E-state index < -0.39 is 75.5 Å². The molecule has 0 fully saturated rings. The summed E-state index contributed by atoms with van der Waals surface area (Å²) in [6, 6.07) is 13.0. The molecule has 0 aliphatic heterocycles. The van der Waals surface area contributed by atoms with Gasteiger partial charge in [-0.3, -0.25) is 18.7 Å². The van der Waals surface area contributed by atoms with Gasteiger partial charge in [-0.25, -0.2) is 8.42 Å². The van der Waals surface area contributed by atoms with Crippen molar-refractivity contribution in [2.75, 3.05) is 23.0 Å². The average molecular weight is 693 g/mol. The maximum atomic E-state index is 12.7. The van der Waals surface area contributed by atoms with Gasteiger partial charge in [-0.2, -0.15) is 21.9 Å². The lowest BCUT2D eigenvalue weighted by molar-refractivity contribution is -0.114. The number of rotatable bonds is 10. The Labute approximate surface area is 261 Å². The summed E-state index contributed by atoms with van der Waals surface area (Å²) in [5.41, 5.74) is -0.804. The predicted molar refractivity (Wildman–Crippen MR) is 164 cm³/mol. The first kappa shape index (κ1) is 34.1. The molecule has 242 valence electrons.